The first-order chi connectivity index (χ1) is 14.9. The van der Waals surface area contributed by atoms with Gasteiger partial charge in [0.1, 0.15) is 5.82 Å². The zero-order valence-corrected chi connectivity index (χ0v) is 19.5. The lowest BCUT2D eigenvalue weighted by Crippen LogP contribution is -2.19. The number of aryl methyl sites for hydroxylation is 1. The zero-order valence-electron chi connectivity index (χ0n) is 16.4. The van der Waals surface area contributed by atoms with Crippen LogP contribution in [0.3, 0.4) is 0 Å². The van der Waals surface area contributed by atoms with Gasteiger partial charge in [0.2, 0.25) is 0 Å². The molecule has 0 aliphatic carbocycles. The Bertz CT molecular complexity index is 1220. The molecule has 0 atom stereocenters. The summed E-state index contributed by atoms with van der Waals surface area (Å²) in [7, 11) is 1.85. The lowest BCUT2D eigenvalue weighted by molar-refractivity contribution is 0.262. The van der Waals surface area contributed by atoms with Crippen molar-refractivity contribution in [1.82, 2.24) is 9.78 Å². The Hall–Kier alpha value is -2.97. The van der Waals surface area contributed by atoms with Crippen molar-refractivity contribution in [2.75, 3.05) is 10.6 Å². The summed E-state index contributed by atoms with van der Waals surface area (Å²) in [5, 5.41) is 9.98. The van der Waals surface area contributed by atoms with Crippen molar-refractivity contribution < 1.29 is 9.18 Å². The molecule has 0 saturated carbocycles. The van der Waals surface area contributed by atoms with Crippen molar-refractivity contribution in [3.8, 4) is 22.4 Å². The van der Waals surface area contributed by atoms with Gasteiger partial charge in [0.15, 0.2) is 0 Å². The average Bonchev–Trinajstić information content (AvgIpc) is 3.08. The molecule has 3 aromatic carbocycles. The summed E-state index contributed by atoms with van der Waals surface area (Å²) in [5.74, 6) is -0.304. The molecule has 4 rings (SSSR count). The van der Waals surface area contributed by atoms with Gasteiger partial charge in [-0.3, -0.25) is 4.68 Å². The van der Waals surface area contributed by atoms with E-state index in [1.54, 1.807) is 35.1 Å². The van der Waals surface area contributed by atoms with Crippen LogP contribution in [0.4, 0.5) is 20.6 Å². The molecule has 0 unspecified atom stereocenters. The average molecular weight is 544 g/mol. The molecule has 0 aliphatic rings. The molecule has 0 aliphatic heterocycles. The van der Waals surface area contributed by atoms with Crippen molar-refractivity contribution in [3.05, 3.63) is 87.7 Å². The Balaban J connectivity index is 1.69. The van der Waals surface area contributed by atoms with E-state index < -0.39 is 0 Å². The van der Waals surface area contributed by atoms with Crippen LogP contribution in [-0.4, -0.2) is 15.8 Å². The molecule has 2 amide bonds. The Morgan fingerprint density at radius 3 is 2.16 bits per heavy atom. The normalized spacial score (nSPS) is 10.7. The third-order valence-electron chi connectivity index (χ3n) is 4.64. The number of anilines is 2. The molecule has 0 radical (unpaired) electrons. The minimum Gasteiger partial charge on any atom is -0.308 e. The van der Waals surface area contributed by atoms with E-state index in [0.29, 0.717) is 11.4 Å². The van der Waals surface area contributed by atoms with Crippen molar-refractivity contribution >= 4 is 49.3 Å². The maximum atomic E-state index is 13.4. The Labute approximate surface area is 195 Å². The molecule has 8 heteroatoms. The predicted molar refractivity (Wildman–Crippen MR) is 129 cm³/mol. The Morgan fingerprint density at radius 2 is 1.52 bits per heavy atom. The number of urea groups is 1. The molecular weight excluding hydrogens is 527 g/mol. The largest absolute Gasteiger partial charge is 0.323 e. The second-order valence-electron chi connectivity index (χ2n) is 6.86. The summed E-state index contributed by atoms with van der Waals surface area (Å²) in [5.41, 5.74) is 4.65. The van der Waals surface area contributed by atoms with Gasteiger partial charge in [-0.25, -0.2) is 9.18 Å². The fraction of sp³-hybridized carbons (Fsp3) is 0.0435. The molecule has 31 heavy (non-hydrogen) atoms. The molecule has 0 bridgehead atoms. The first-order valence-electron chi connectivity index (χ1n) is 9.31. The van der Waals surface area contributed by atoms with Crippen LogP contribution in [0.2, 0.25) is 0 Å². The van der Waals surface area contributed by atoms with E-state index in [1.165, 1.54) is 12.1 Å². The van der Waals surface area contributed by atoms with Crippen LogP contribution in [0.15, 0.2) is 81.9 Å². The summed E-state index contributed by atoms with van der Waals surface area (Å²) in [6, 6.07) is 18.9. The summed E-state index contributed by atoms with van der Waals surface area (Å²) < 4.78 is 16.9. The van der Waals surface area contributed by atoms with E-state index in [2.05, 4.69) is 47.6 Å². The molecular formula is C23H17Br2FN4O. The van der Waals surface area contributed by atoms with Gasteiger partial charge in [0.05, 0.1) is 16.4 Å². The second kappa shape index (κ2) is 9.03. The molecule has 5 nitrogen and oxygen atoms in total. The van der Waals surface area contributed by atoms with Crippen LogP contribution in [0.25, 0.3) is 22.4 Å². The Morgan fingerprint density at radius 1 is 0.871 bits per heavy atom. The van der Waals surface area contributed by atoms with E-state index in [4.69, 9.17) is 0 Å². The third kappa shape index (κ3) is 5.03. The number of aromatic nitrogens is 2. The lowest BCUT2D eigenvalue weighted by Gasteiger charge is -2.13. The predicted octanol–water partition coefficient (Wildman–Crippen LogP) is 7.06. The summed E-state index contributed by atoms with van der Waals surface area (Å²) in [4.78, 5) is 12.6. The van der Waals surface area contributed by atoms with Gasteiger partial charge in [-0.2, -0.15) is 5.10 Å². The van der Waals surface area contributed by atoms with Crippen molar-refractivity contribution in [2.45, 2.75) is 0 Å². The number of nitrogens with one attached hydrogen (secondary N) is 2. The van der Waals surface area contributed by atoms with E-state index in [9.17, 15) is 9.18 Å². The van der Waals surface area contributed by atoms with Crippen LogP contribution in [0, 0.1) is 5.82 Å². The van der Waals surface area contributed by atoms with Gasteiger partial charge in [-0.1, -0.05) is 28.1 Å². The summed E-state index contributed by atoms with van der Waals surface area (Å²) in [6.45, 7) is 0. The zero-order chi connectivity index (χ0) is 22.0. The van der Waals surface area contributed by atoms with Crippen LogP contribution in [-0.2, 0) is 7.05 Å². The van der Waals surface area contributed by atoms with Gasteiger partial charge in [0.25, 0.3) is 0 Å². The highest BCUT2D eigenvalue weighted by Gasteiger charge is 2.13. The van der Waals surface area contributed by atoms with Gasteiger partial charge in [0, 0.05) is 28.5 Å². The highest BCUT2D eigenvalue weighted by molar-refractivity contribution is 9.10. The number of carbonyl (C=O) groups excluding carboxylic acids is 1. The fourth-order valence-electron chi connectivity index (χ4n) is 3.21. The minimum atomic E-state index is -0.367. The van der Waals surface area contributed by atoms with Crippen molar-refractivity contribution in [2.24, 2.45) is 7.05 Å². The molecule has 156 valence electrons. The number of halogens is 3. The topological polar surface area (TPSA) is 59.0 Å². The number of hydrogen-bond donors (Lipinski definition) is 2. The quantitative estimate of drug-likeness (QED) is 0.289. The van der Waals surface area contributed by atoms with Crippen molar-refractivity contribution in [1.29, 1.82) is 0 Å². The molecule has 1 aromatic heterocycles. The van der Waals surface area contributed by atoms with E-state index in [0.717, 1.165) is 31.3 Å². The number of carbonyl (C=O) groups is 1. The lowest BCUT2D eigenvalue weighted by atomic mass is 10.0. The fourth-order valence-corrected chi connectivity index (χ4v) is 4.05. The van der Waals surface area contributed by atoms with Crippen LogP contribution in [0.1, 0.15) is 0 Å². The van der Waals surface area contributed by atoms with Gasteiger partial charge in [-0.05, 0) is 81.7 Å². The summed E-state index contributed by atoms with van der Waals surface area (Å²) >= 11 is 6.91. The Kier molecular flexibility index (Phi) is 6.20. The maximum Gasteiger partial charge on any atom is 0.323 e. The molecule has 0 spiro atoms. The molecule has 1 heterocycles. The van der Waals surface area contributed by atoms with Crippen LogP contribution in [0.5, 0.6) is 0 Å². The first kappa shape index (κ1) is 21.3. The monoisotopic (exact) mass is 542 g/mol. The first-order valence-corrected chi connectivity index (χ1v) is 10.9. The number of nitrogens with zero attached hydrogens (tertiary/aromatic N) is 2. The van der Waals surface area contributed by atoms with Crippen LogP contribution >= 0.6 is 31.9 Å². The van der Waals surface area contributed by atoms with Gasteiger partial charge >= 0.3 is 6.03 Å². The number of amides is 2. The number of rotatable bonds is 4. The second-order valence-corrected chi connectivity index (χ2v) is 8.63. The highest BCUT2D eigenvalue weighted by Crippen LogP contribution is 2.34. The minimum absolute atomic E-state index is 0.304. The molecule has 0 fully saturated rings. The van der Waals surface area contributed by atoms with Crippen LogP contribution < -0.4 is 10.6 Å². The van der Waals surface area contributed by atoms with Gasteiger partial charge < -0.3 is 10.6 Å². The molecule has 2 N–H and O–H groups in total. The maximum absolute atomic E-state index is 13.4. The SMILES string of the molecule is Cn1ncc(Br)c1-c1cc(NC(=O)Nc2ccc(Br)cc2)cc(-c2ccc(F)cc2)c1. The van der Waals surface area contributed by atoms with Crippen molar-refractivity contribution in [3.63, 3.8) is 0 Å². The standard InChI is InChI=1S/C23H17Br2FN4O/c1-30-22(21(25)13-27-30)16-10-15(14-2-6-18(26)7-3-14)11-20(12-16)29-23(31)28-19-8-4-17(24)5-9-19/h2-13H,1H3,(H2,28,29,31). The third-order valence-corrected chi connectivity index (χ3v) is 5.75. The molecule has 0 saturated heterocycles. The summed E-state index contributed by atoms with van der Waals surface area (Å²) in [6.07, 6.45) is 1.72. The van der Waals surface area contributed by atoms with E-state index in [1.807, 2.05) is 37.4 Å². The number of benzene rings is 3. The van der Waals surface area contributed by atoms with E-state index in [-0.39, 0.29) is 11.8 Å². The van der Waals surface area contributed by atoms with E-state index >= 15 is 0 Å². The number of hydrogen-bond acceptors (Lipinski definition) is 2. The smallest absolute Gasteiger partial charge is 0.308 e. The molecule has 4 aromatic rings. The van der Waals surface area contributed by atoms with Gasteiger partial charge in [-0.15, -0.1) is 0 Å². The highest BCUT2D eigenvalue weighted by atomic mass is 79.9.